The molecule has 0 saturated carbocycles. The minimum absolute atomic E-state index is 0.668. The van der Waals surface area contributed by atoms with Gasteiger partial charge in [0.25, 0.3) is 0 Å². The highest BCUT2D eigenvalue weighted by atomic mass is 15.1. The van der Waals surface area contributed by atoms with Gasteiger partial charge >= 0.3 is 0 Å². The highest BCUT2D eigenvalue weighted by Gasteiger charge is 2.19. The van der Waals surface area contributed by atoms with Crippen molar-refractivity contribution in [2.75, 3.05) is 19.6 Å². The first-order valence-corrected chi connectivity index (χ1v) is 7.12. The zero-order chi connectivity index (χ0) is 13.1. The Kier molecular flexibility index (Phi) is 3.76. The normalized spacial score (nSPS) is 20.8. The number of likely N-dealkylation sites (tertiary alicyclic amines) is 1. The lowest BCUT2D eigenvalue weighted by Crippen LogP contribution is -2.37. The van der Waals surface area contributed by atoms with Crippen molar-refractivity contribution >= 4 is 10.9 Å². The first kappa shape index (κ1) is 12.6. The molecule has 1 unspecified atom stereocenters. The fraction of sp³-hybridized carbons (Fsp3) is 0.438. The Morgan fingerprint density at radius 2 is 2.16 bits per heavy atom. The van der Waals surface area contributed by atoms with Gasteiger partial charge in [-0.2, -0.15) is 0 Å². The Hall–Kier alpha value is -1.45. The van der Waals surface area contributed by atoms with Gasteiger partial charge in [-0.05, 0) is 49.5 Å². The van der Waals surface area contributed by atoms with Crippen LogP contribution in [0.3, 0.4) is 0 Å². The molecule has 2 N–H and O–H groups in total. The molecule has 0 amide bonds. The molecule has 3 heteroatoms. The molecule has 0 spiro atoms. The summed E-state index contributed by atoms with van der Waals surface area (Å²) in [6.45, 7) is 4.15. The van der Waals surface area contributed by atoms with Crippen LogP contribution in [0.2, 0.25) is 0 Å². The number of piperidine rings is 1. The molecule has 0 aliphatic carbocycles. The van der Waals surface area contributed by atoms with E-state index in [2.05, 4.69) is 34.1 Å². The first-order valence-electron chi connectivity index (χ1n) is 7.12. The van der Waals surface area contributed by atoms with E-state index in [9.17, 15) is 0 Å². The SMILES string of the molecule is NCC1CCCN(Cc2ccnc3ccccc23)C1. The molecule has 2 heterocycles. The van der Waals surface area contributed by atoms with E-state index in [4.69, 9.17) is 5.73 Å². The third-order valence-corrected chi connectivity index (χ3v) is 4.07. The van der Waals surface area contributed by atoms with Gasteiger partial charge in [0.15, 0.2) is 0 Å². The van der Waals surface area contributed by atoms with E-state index in [-0.39, 0.29) is 0 Å². The number of hydrogen-bond acceptors (Lipinski definition) is 3. The van der Waals surface area contributed by atoms with E-state index in [1.807, 2.05) is 12.3 Å². The van der Waals surface area contributed by atoms with E-state index in [0.29, 0.717) is 5.92 Å². The number of fused-ring (bicyclic) bond motifs is 1. The van der Waals surface area contributed by atoms with Crippen molar-refractivity contribution in [3.05, 3.63) is 42.1 Å². The quantitative estimate of drug-likeness (QED) is 0.915. The molecule has 1 fully saturated rings. The summed E-state index contributed by atoms with van der Waals surface area (Å²) in [7, 11) is 0. The molecule has 3 rings (SSSR count). The van der Waals surface area contributed by atoms with Crippen molar-refractivity contribution in [3.8, 4) is 0 Å². The lowest BCUT2D eigenvalue weighted by molar-refractivity contribution is 0.171. The summed E-state index contributed by atoms with van der Waals surface area (Å²) >= 11 is 0. The van der Waals surface area contributed by atoms with Crippen molar-refractivity contribution in [2.45, 2.75) is 19.4 Å². The van der Waals surface area contributed by atoms with Crippen molar-refractivity contribution < 1.29 is 0 Å². The first-order chi connectivity index (χ1) is 9.36. The Bertz CT molecular complexity index is 547. The highest BCUT2D eigenvalue weighted by molar-refractivity contribution is 5.81. The standard InChI is InChI=1S/C16H21N3/c17-10-13-4-3-9-19(11-13)12-14-7-8-18-16-6-2-1-5-15(14)16/h1-2,5-8,13H,3-4,9-12,17H2. The maximum atomic E-state index is 5.81. The Balaban J connectivity index is 1.81. The molecule has 2 aromatic rings. The molecule has 0 radical (unpaired) electrons. The molecule has 1 aliphatic rings. The van der Waals surface area contributed by atoms with E-state index in [1.165, 1.54) is 30.3 Å². The van der Waals surface area contributed by atoms with Crippen LogP contribution in [0.5, 0.6) is 0 Å². The molecule has 1 aromatic carbocycles. The zero-order valence-electron chi connectivity index (χ0n) is 11.3. The predicted molar refractivity (Wildman–Crippen MR) is 78.8 cm³/mol. The van der Waals surface area contributed by atoms with Crippen LogP contribution >= 0.6 is 0 Å². The minimum Gasteiger partial charge on any atom is -0.330 e. The van der Waals surface area contributed by atoms with Crippen LogP contribution in [0.25, 0.3) is 10.9 Å². The number of para-hydroxylation sites is 1. The van der Waals surface area contributed by atoms with Gasteiger partial charge in [0.1, 0.15) is 0 Å². The second-order valence-corrected chi connectivity index (χ2v) is 5.47. The number of rotatable bonds is 3. The van der Waals surface area contributed by atoms with Crippen LogP contribution < -0.4 is 5.73 Å². The van der Waals surface area contributed by atoms with Crippen molar-refractivity contribution in [3.63, 3.8) is 0 Å². The van der Waals surface area contributed by atoms with Crippen LogP contribution in [0.4, 0.5) is 0 Å². The smallest absolute Gasteiger partial charge is 0.0705 e. The second-order valence-electron chi connectivity index (χ2n) is 5.47. The van der Waals surface area contributed by atoms with Gasteiger partial charge < -0.3 is 5.73 Å². The maximum Gasteiger partial charge on any atom is 0.0705 e. The Morgan fingerprint density at radius 3 is 3.05 bits per heavy atom. The van der Waals surface area contributed by atoms with Gasteiger partial charge in [0.05, 0.1) is 5.52 Å². The minimum atomic E-state index is 0.668. The van der Waals surface area contributed by atoms with E-state index < -0.39 is 0 Å². The molecule has 1 aromatic heterocycles. The van der Waals surface area contributed by atoms with E-state index in [0.717, 1.165) is 25.2 Å². The summed E-state index contributed by atoms with van der Waals surface area (Å²) in [6.07, 6.45) is 4.47. The topological polar surface area (TPSA) is 42.1 Å². The fourth-order valence-electron chi connectivity index (χ4n) is 3.02. The average Bonchev–Trinajstić information content (AvgIpc) is 2.48. The Labute approximate surface area is 114 Å². The summed E-state index contributed by atoms with van der Waals surface area (Å²) in [6, 6.07) is 10.5. The molecule has 1 saturated heterocycles. The number of hydrogen-bond donors (Lipinski definition) is 1. The highest BCUT2D eigenvalue weighted by Crippen LogP contribution is 2.21. The average molecular weight is 255 g/mol. The van der Waals surface area contributed by atoms with Gasteiger partial charge in [-0.3, -0.25) is 9.88 Å². The molecule has 0 bridgehead atoms. The fourth-order valence-corrected chi connectivity index (χ4v) is 3.02. The van der Waals surface area contributed by atoms with Gasteiger partial charge in [0, 0.05) is 24.7 Å². The van der Waals surface area contributed by atoms with Crippen LogP contribution in [0, 0.1) is 5.92 Å². The zero-order valence-corrected chi connectivity index (χ0v) is 11.3. The molecular weight excluding hydrogens is 234 g/mol. The van der Waals surface area contributed by atoms with Crippen LogP contribution in [-0.4, -0.2) is 29.5 Å². The lowest BCUT2D eigenvalue weighted by atomic mass is 9.97. The van der Waals surface area contributed by atoms with Gasteiger partial charge in [-0.1, -0.05) is 18.2 Å². The van der Waals surface area contributed by atoms with Crippen LogP contribution in [0.1, 0.15) is 18.4 Å². The number of pyridine rings is 1. The molecule has 100 valence electrons. The van der Waals surface area contributed by atoms with Crippen molar-refractivity contribution in [2.24, 2.45) is 11.7 Å². The molecule has 3 nitrogen and oxygen atoms in total. The third kappa shape index (κ3) is 2.77. The van der Waals surface area contributed by atoms with Gasteiger partial charge in [-0.25, -0.2) is 0 Å². The molecule has 19 heavy (non-hydrogen) atoms. The summed E-state index contributed by atoms with van der Waals surface area (Å²) in [4.78, 5) is 6.96. The summed E-state index contributed by atoms with van der Waals surface area (Å²) < 4.78 is 0. The van der Waals surface area contributed by atoms with Crippen molar-refractivity contribution in [1.82, 2.24) is 9.88 Å². The maximum absolute atomic E-state index is 5.81. The lowest BCUT2D eigenvalue weighted by Gasteiger charge is -2.32. The van der Waals surface area contributed by atoms with Gasteiger partial charge in [0.2, 0.25) is 0 Å². The number of nitrogens with zero attached hydrogens (tertiary/aromatic N) is 2. The third-order valence-electron chi connectivity index (χ3n) is 4.07. The molecule has 1 atom stereocenters. The molecule has 1 aliphatic heterocycles. The predicted octanol–water partition coefficient (Wildman–Crippen LogP) is 2.41. The van der Waals surface area contributed by atoms with Crippen molar-refractivity contribution in [1.29, 1.82) is 0 Å². The van der Waals surface area contributed by atoms with Crippen LogP contribution in [-0.2, 0) is 6.54 Å². The summed E-state index contributed by atoms with van der Waals surface area (Å²) in [5.41, 5.74) is 8.28. The molecular formula is C16H21N3. The second kappa shape index (κ2) is 5.68. The summed E-state index contributed by atoms with van der Waals surface area (Å²) in [5, 5.41) is 1.28. The summed E-state index contributed by atoms with van der Waals surface area (Å²) in [5.74, 6) is 0.668. The monoisotopic (exact) mass is 255 g/mol. The largest absolute Gasteiger partial charge is 0.330 e. The van der Waals surface area contributed by atoms with Crippen LogP contribution in [0.15, 0.2) is 36.5 Å². The van der Waals surface area contributed by atoms with Gasteiger partial charge in [-0.15, -0.1) is 0 Å². The Morgan fingerprint density at radius 1 is 1.26 bits per heavy atom. The number of aromatic nitrogens is 1. The number of nitrogens with two attached hydrogens (primary N) is 1. The van der Waals surface area contributed by atoms with E-state index >= 15 is 0 Å². The number of benzene rings is 1. The van der Waals surface area contributed by atoms with E-state index in [1.54, 1.807) is 0 Å².